The van der Waals surface area contributed by atoms with E-state index in [-0.39, 0.29) is 0 Å². The molecule has 0 saturated carbocycles. The second-order valence-electron chi connectivity index (χ2n) is 4.61. The fourth-order valence-electron chi connectivity index (χ4n) is 1.99. The molecule has 3 heteroatoms. The molecule has 0 spiro atoms. The average molecular weight is 215 g/mol. The zero-order chi connectivity index (χ0) is 11.3. The van der Waals surface area contributed by atoms with E-state index in [1.54, 1.807) is 0 Å². The molecule has 0 amide bonds. The van der Waals surface area contributed by atoms with Gasteiger partial charge in [-0.05, 0) is 40.2 Å². The summed E-state index contributed by atoms with van der Waals surface area (Å²) in [6.07, 6.45) is 3.37. The van der Waals surface area contributed by atoms with Gasteiger partial charge in [0, 0.05) is 0 Å². The molecule has 0 aromatic rings. The molecule has 15 heavy (non-hydrogen) atoms. The maximum absolute atomic E-state index is 5.87. The third-order valence-electron chi connectivity index (χ3n) is 2.79. The first kappa shape index (κ1) is 12.9. The van der Waals surface area contributed by atoms with Gasteiger partial charge < -0.3 is 14.8 Å². The minimum atomic E-state index is 0.296. The van der Waals surface area contributed by atoms with Crippen molar-refractivity contribution in [3.63, 3.8) is 0 Å². The van der Waals surface area contributed by atoms with E-state index >= 15 is 0 Å². The molecule has 0 aromatic carbocycles. The predicted octanol–water partition coefficient (Wildman–Crippen LogP) is 1.96. The first-order valence-corrected chi connectivity index (χ1v) is 6.14. The topological polar surface area (TPSA) is 30.5 Å². The Morgan fingerprint density at radius 2 is 2.13 bits per heavy atom. The van der Waals surface area contributed by atoms with Crippen molar-refractivity contribution < 1.29 is 9.47 Å². The molecule has 0 radical (unpaired) electrons. The van der Waals surface area contributed by atoms with E-state index in [1.807, 2.05) is 0 Å². The molecule has 3 nitrogen and oxygen atoms in total. The molecule has 1 heterocycles. The quantitative estimate of drug-likeness (QED) is 0.734. The molecule has 3 unspecified atom stereocenters. The molecule has 1 aliphatic rings. The van der Waals surface area contributed by atoms with Gasteiger partial charge in [-0.15, -0.1) is 0 Å². The smallest absolute Gasteiger partial charge is 0.0755 e. The lowest BCUT2D eigenvalue weighted by atomic mass is 10.1. The summed E-state index contributed by atoms with van der Waals surface area (Å²) in [7, 11) is 0. The van der Waals surface area contributed by atoms with Gasteiger partial charge in [-0.1, -0.05) is 6.92 Å². The number of ether oxygens (including phenoxy) is 2. The summed E-state index contributed by atoms with van der Waals surface area (Å²) in [5.41, 5.74) is 0. The molecule has 1 aliphatic heterocycles. The van der Waals surface area contributed by atoms with Crippen molar-refractivity contribution in [2.24, 2.45) is 0 Å². The van der Waals surface area contributed by atoms with Crippen LogP contribution in [-0.4, -0.2) is 37.5 Å². The number of nitrogens with one attached hydrogen (secondary N) is 1. The number of likely N-dealkylation sites (N-methyl/N-ethyl adjacent to an activating group) is 1. The fraction of sp³-hybridized carbons (Fsp3) is 1.00. The molecular formula is C12H25NO2. The lowest BCUT2D eigenvalue weighted by molar-refractivity contribution is -0.0111. The van der Waals surface area contributed by atoms with E-state index in [4.69, 9.17) is 9.47 Å². The molecule has 1 N–H and O–H groups in total. The second kappa shape index (κ2) is 6.46. The van der Waals surface area contributed by atoms with Gasteiger partial charge in [0.15, 0.2) is 0 Å². The van der Waals surface area contributed by atoms with Crippen LogP contribution >= 0.6 is 0 Å². The van der Waals surface area contributed by atoms with Gasteiger partial charge in [-0.3, -0.25) is 0 Å². The van der Waals surface area contributed by atoms with Crippen molar-refractivity contribution in [1.29, 1.82) is 0 Å². The molecule has 1 fully saturated rings. The largest absolute Gasteiger partial charge is 0.377 e. The van der Waals surface area contributed by atoms with Crippen molar-refractivity contribution in [2.45, 2.75) is 64.9 Å². The van der Waals surface area contributed by atoms with Crippen LogP contribution in [0.2, 0.25) is 0 Å². The summed E-state index contributed by atoms with van der Waals surface area (Å²) in [4.78, 5) is 0. The van der Waals surface area contributed by atoms with E-state index in [0.29, 0.717) is 24.4 Å². The maximum atomic E-state index is 5.87. The Morgan fingerprint density at radius 1 is 1.40 bits per heavy atom. The van der Waals surface area contributed by atoms with Crippen LogP contribution in [0.4, 0.5) is 0 Å². The van der Waals surface area contributed by atoms with Crippen molar-refractivity contribution in [3.05, 3.63) is 0 Å². The Bertz CT molecular complexity index is 173. The lowest BCUT2D eigenvalue weighted by Gasteiger charge is -2.25. The monoisotopic (exact) mass is 215 g/mol. The van der Waals surface area contributed by atoms with Crippen molar-refractivity contribution in [2.75, 3.05) is 13.2 Å². The molecule has 1 saturated heterocycles. The van der Waals surface area contributed by atoms with E-state index in [9.17, 15) is 0 Å². The van der Waals surface area contributed by atoms with E-state index in [0.717, 1.165) is 19.6 Å². The molecule has 0 aromatic heterocycles. The van der Waals surface area contributed by atoms with Crippen LogP contribution in [-0.2, 0) is 9.47 Å². The first-order valence-electron chi connectivity index (χ1n) is 6.14. The van der Waals surface area contributed by atoms with Crippen molar-refractivity contribution in [3.8, 4) is 0 Å². The third kappa shape index (κ3) is 4.49. The standard InChI is InChI=1S/C12H25NO2/c1-5-13-11(8-14-9(2)3)12-7-6-10(4)15-12/h9-13H,5-8H2,1-4H3. The Hall–Kier alpha value is -0.120. The van der Waals surface area contributed by atoms with Gasteiger partial charge in [0.05, 0.1) is 31.0 Å². The van der Waals surface area contributed by atoms with Crippen LogP contribution in [0.5, 0.6) is 0 Å². The summed E-state index contributed by atoms with van der Waals surface area (Å²) < 4.78 is 11.5. The second-order valence-corrected chi connectivity index (χ2v) is 4.61. The first-order chi connectivity index (χ1) is 7.13. The average Bonchev–Trinajstić information content (AvgIpc) is 2.59. The van der Waals surface area contributed by atoms with Gasteiger partial charge in [0.25, 0.3) is 0 Å². The number of hydrogen-bond donors (Lipinski definition) is 1. The van der Waals surface area contributed by atoms with Crippen molar-refractivity contribution in [1.82, 2.24) is 5.32 Å². The SMILES string of the molecule is CCNC(COC(C)C)C1CCC(C)O1. The van der Waals surface area contributed by atoms with E-state index < -0.39 is 0 Å². The van der Waals surface area contributed by atoms with Gasteiger partial charge in [0.2, 0.25) is 0 Å². The highest BCUT2D eigenvalue weighted by atomic mass is 16.5. The van der Waals surface area contributed by atoms with Crippen LogP contribution in [0.1, 0.15) is 40.5 Å². The summed E-state index contributed by atoms with van der Waals surface area (Å²) in [5.74, 6) is 0. The summed E-state index contributed by atoms with van der Waals surface area (Å²) in [5, 5.41) is 3.45. The van der Waals surface area contributed by atoms with E-state index in [2.05, 4.69) is 33.0 Å². The Kier molecular flexibility index (Phi) is 5.58. The van der Waals surface area contributed by atoms with Crippen LogP contribution in [0, 0.1) is 0 Å². The minimum Gasteiger partial charge on any atom is -0.377 e. The van der Waals surface area contributed by atoms with Gasteiger partial charge in [-0.2, -0.15) is 0 Å². The maximum Gasteiger partial charge on any atom is 0.0755 e. The Labute approximate surface area is 93.5 Å². The summed E-state index contributed by atoms with van der Waals surface area (Å²) in [6.45, 7) is 10.1. The number of rotatable bonds is 6. The molecule has 0 bridgehead atoms. The molecule has 1 rings (SSSR count). The minimum absolute atomic E-state index is 0.296. The van der Waals surface area contributed by atoms with Gasteiger partial charge >= 0.3 is 0 Å². The highest BCUT2D eigenvalue weighted by Gasteiger charge is 2.29. The van der Waals surface area contributed by atoms with Crippen molar-refractivity contribution >= 4 is 0 Å². The van der Waals surface area contributed by atoms with Crippen LogP contribution in [0.3, 0.4) is 0 Å². The highest BCUT2D eigenvalue weighted by molar-refractivity contribution is 4.82. The number of hydrogen-bond acceptors (Lipinski definition) is 3. The van der Waals surface area contributed by atoms with Crippen LogP contribution in [0.25, 0.3) is 0 Å². The van der Waals surface area contributed by atoms with Gasteiger partial charge in [0.1, 0.15) is 0 Å². The molecular weight excluding hydrogens is 190 g/mol. The zero-order valence-corrected chi connectivity index (χ0v) is 10.5. The van der Waals surface area contributed by atoms with Crippen LogP contribution in [0.15, 0.2) is 0 Å². The molecule has 3 atom stereocenters. The summed E-state index contributed by atoms with van der Waals surface area (Å²) in [6, 6.07) is 0.349. The Morgan fingerprint density at radius 3 is 2.60 bits per heavy atom. The predicted molar refractivity (Wildman–Crippen MR) is 62.1 cm³/mol. The van der Waals surface area contributed by atoms with Gasteiger partial charge in [-0.25, -0.2) is 0 Å². The lowest BCUT2D eigenvalue weighted by Crippen LogP contribution is -2.43. The molecule has 90 valence electrons. The zero-order valence-electron chi connectivity index (χ0n) is 10.5. The Balaban J connectivity index is 2.35. The fourth-order valence-corrected chi connectivity index (χ4v) is 1.99. The molecule has 0 aliphatic carbocycles. The normalized spacial score (nSPS) is 28.6. The summed E-state index contributed by atoms with van der Waals surface area (Å²) >= 11 is 0. The third-order valence-corrected chi connectivity index (χ3v) is 2.79. The highest BCUT2D eigenvalue weighted by Crippen LogP contribution is 2.22. The van der Waals surface area contributed by atoms with E-state index in [1.165, 1.54) is 6.42 Å². The van der Waals surface area contributed by atoms with Crippen LogP contribution < -0.4 is 5.32 Å².